The number of thioether (sulfide) groups is 1. The van der Waals surface area contributed by atoms with Crippen LogP contribution in [0.2, 0.25) is 0 Å². The Balaban J connectivity index is 1.99. The van der Waals surface area contributed by atoms with Crippen molar-refractivity contribution >= 4 is 34.4 Å². The first kappa shape index (κ1) is 14.2. The van der Waals surface area contributed by atoms with Crippen molar-refractivity contribution in [1.82, 2.24) is 9.55 Å². The Morgan fingerprint density at radius 1 is 1.45 bits per heavy atom. The Kier molecular flexibility index (Phi) is 4.22. The first-order valence-electron chi connectivity index (χ1n) is 7.02. The highest BCUT2D eigenvalue weighted by atomic mass is 35.5. The molecule has 1 aliphatic heterocycles. The Hall–Kier alpha value is -0.740. The fraction of sp³-hybridized carbons (Fsp3) is 0.533. The standard InChI is InChI=1S/C15H18ClFN2S/c1-10(16)15-18-13-8-12(17)2-3-14(13)19(15)9-11-4-6-20-7-5-11/h2-3,8,10-11H,4-7,9H2,1H3. The third kappa shape index (κ3) is 2.82. The van der Waals surface area contributed by atoms with Crippen molar-refractivity contribution in [1.29, 1.82) is 0 Å². The normalized spacial score (nSPS) is 18.6. The Morgan fingerprint density at radius 2 is 2.20 bits per heavy atom. The SMILES string of the molecule is CC(Cl)c1nc2cc(F)ccc2n1CC1CCSCC1. The van der Waals surface area contributed by atoms with Gasteiger partial charge >= 0.3 is 0 Å². The number of hydrogen-bond donors (Lipinski definition) is 0. The predicted octanol–water partition coefficient (Wildman–Crippen LogP) is 4.62. The number of imidazole rings is 1. The molecule has 0 amide bonds. The van der Waals surface area contributed by atoms with Crippen LogP contribution in [-0.2, 0) is 6.54 Å². The van der Waals surface area contributed by atoms with Gasteiger partial charge in [-0.2, -0.15) is 11.8 Å². The van der Waals surface area contributed by atoms with Crippen LogP contribution in [-0.4, -0.2) is 21.1 Å². The van der Waals surface area contributed by atoms with Crippen LogP contribution in [0.4, 0.5) is 4.39 Å². The number of halogens is 2. The number of rotatable bonds is 3. The molecule has 5 heteroatoms. The molecule has 2 heterocycles. The monoisotopic (exact) mass is 312 g/mol. The van der Waals surface area contributed by atoms with Gasteiger partial charge in [0.2, 0.25) is 0 Å². The summed E-state index contributed by atoms with van der Waals surface area (Å²) in [7, 11) is 0. The van der Waals surface area contributed by atoms with Crippen LogP contribution in [0, 0.1) is 11.7 Å². The lowest BCUT2D eigenvalue weighted by Crippen LogP contribution is -2.18. The van der Waals surface area contributed by atoms with Crippen molar-refractivity contribution < 1.29 is 4.39 Å². The maximum Gasteiger partial charge on any atom is 0.127 e. The Labute approximate surface area is 127 Å². The molecule has 3 rings (SSSR count). The number of hydrogen-bond acceptors (Lipinski definition) is 2. The van der Waals surface area contributed by atoms with E-state index in [1.54, 1.807) is 0 Å². The van der Waals surface area contributed by atoms with Crippen LogP contribution in [0.25, 0.3) is 11.0 Å². The molecule has 0 radical (unpaired) electrons. The molecule has 0 spiro atoms. The summed E-state index contributed by atoms with van der Waals surface area (Å²) in [5.74, 6) is 3.75. The fourth-order valence-corrected chi connectivity index (χ4v) is 4.18. The van der Waals surface area contributed by atoms with Crippen molar-refractivity contribution in [3.05, 3.63) is 29.8 Å². The molecular formula is C15H18ClFN2S. The zero-order chi connectivity index (χ0) is 14.1. The van der Waals surface area contributed by atoms with Gasteiger partial charge in [-0.15, -0.1) is 11.6 Å². The maximum absolute atomic E-state index is 13.4. The molecule has 2 aromatic rings. The zero-order valence-electron chi connectivity index (χ0n) is 11.5. The highest BCUT2D eigenvalue weighted by Crippen LogP contribution is 2.30. The summed E-state index contributed by atoms with van der Waals surface area (Å²) in [5, 5.41) is -0.163. The minimum Gasteiger partial charge on any atom is -0.326 e. The highest BCUT2D eigenvalue weighted by molar-refractivity contribution is 7.99. The lowest BCUT2D eigenvalue weighted by atomic mass is 10.0. The van der Waals surface area contributed by atoms with Gasteiger partial charge < -0.3 is 4.57 Å². The first-order valence-corrected chi connectivity index (χ1v) is 8.62. The Bertz CT molecular complexity index is 605. The van der Waals surface area contributed by atoms with Gasteiger partial charge in [-0.3, -0.25) is 0 Å². The average Bonchev–Trinajstić information content (AvgIpc) is 2.78. The third-order valence-corrected chi connectivity index (χ3v) is 5.12. The van der Waals surface area contributed by atoms with E-state index in [0.717, 1.165) is 17.9 Å². The van der Waals surface area contributed by atoms with Gasteiger partial charge in [0.1, 0.15) is 11.6 Å². The lowest BCUT2D eigenvalue weighted by Gasteiger charge is -2.23. The molecule has 1 aromatic heterocycles. The van der Waals surface area contributed by atoms with E-state index in [1.165, 1.54) is 36.5 Å². The largest absolute Gasteiger partial charge is 0.326 e. The average molecular weight is 313 g/mol. The molecule has 1 saturated heterocycles. The second-order valence-corrected chi connectivity index (χ2v) is 7.26. The zero-order valence-corrected chi connectivity index (χ0v) is 13.1. The molecule has 0 aliphatic carbocycles. The van der Waals surface area contributed by atoms with Gasteiger partial charge in [0, 0.05) is 12.6 Å². The molecule has 108 valence electrons. The molecule has 20 heavy (non-hydrogen) atoms. The topological polar surface area (TPSA) is 17.8 Å². The van der Waals surface area contributed by atoms with Crippen molar-refractivity contribution in [3.63, 3.8) is 0 Å². The summed E-state index contributed by atoms with van der Waals surface area (Å²) in [6.45, 7) is 2.86. The molecule has 1 atom stereocenters. The summed E-state index contributed by atoms with van der Waals surface area (Å²) in [4.78, 5) is 4.52. The molecule has 0 bridgehead atoms. The second-order valence-electron chi connectivity index (χ2n) is 5.39. The minimum atomic E-state index is -0.245. The highest BCUT2D eigenvalue weighted by Gasteiger charge is 2.20. The minimum absolute atomic E-state index is 0.163. The van der Waals surface area contributed by atoms with E-state index in [4.69, 9.17) is 11.6 Å². The van der Waals surface area contributed by atoms with Crippen LogP contribution in [0.5, 0.6) is 0 Å². The molecule has 1 aromatic carbocycles. The van der Waals surface area contributed by atoms with Crippen LogP contribution >= 0.6 is 23.4 Å². The summed E-state index contributed by atoms with van der Waals surface area (Å²) >= 11 is 8.28. The number of nitrogens with zero attached hydrogens (tertiary/aromatic N) is 2. The number of alkyl halides is 1. The van der Waals surface area contributed by atoms with Gasteiger partial charge in [-0.05, 0) is 49.3 Å². The molecule has 0 saturated carbocycles. The van der Waals surface area contributed by atoms with E-state index in [9.17, 15) is 4.39 Å². The Morgan fingerprint density at radius 3 is 2.90 bits per heavy atom. The van der Waals surface area contributed by atoms with Gasteiger partial charge in [0.25, 0.3) is 0 Å². The second kappa shape index (κ2) is 5.94. The van der Waals surface area contributed by atoms with E-state index < -0.39 is 0 Å². The van der Waals surface area contributed by atoms with Gasteiger partial charge in [0.15, 0.2) is 0 Å². The number of aromatic nitrogens is 2. The number of benzene rings is 1. The van der Waals surface area contributed by atoms with Crippen LogP contribution in [0.15, 0.2) is 18.2 Å². The van der Waals surface area contributed by atoms with Crippen LogP contribution in [0.1, 0.15) is 31.0 Å². The summed E-state index contributed by atoms with van der Waals surface area (Å²) in [6, 6.07) is 4.81. The molecular weight excluding hydrogens is 295 g/mol. The van der Waals surface area contributed by atoms with Crippen molar-refractivity contribution in [2.45, 2.75) is 31.7 Å². The first-order chi connectivity index (χ1) is 9.65. The van der Waals surface area contributed by atoms with Gasteiger partial charge in [-0.1, -0.05) is 0 Å². The van der Waals surface area contributed by atoms with Crippen LogP contribution < -0.4 is 0 Å². The van der Waals surface area contributed by atoms with E-state index in [0.29, 0.717) is 11.4 Å². The van der Waals surface area contributed by atoms with Gasteiger partial charge in [-0.25, -0.2) is 9.37 Å². The fourth-order valence-electron chi connectivity index (χ4n) is 2.80. The quantitative estimate of drug-likeness (QED) is 0.770. The summed E-state index contributed by atoms with van der Waals surface area (Å²) < 4.78 is 15.5. The molecule has 1 aliphatic rings. The van der Waals surface area contributed by atoms with Crippen molar-refractivity contribution in [2.24, 2.45) is 5.92 Å². The molecule has 1 unspecified atom stereocenters. The van der Waals surface area contributed by atoms with Gasteiger partial charge in [0.05, 0.1) is 16.4 Å². The summed E-state index contributed by atoms with van der Waals surface area (Å²) in [5.41, 5.74) is 1.70. The van der Waals surface area contributed by atoms with E-state index in [1.807, 2.05) is 24.8 Å². The molecule has 0 N–H and O–H groups in total. The van der Waals surface area contributed by atoms with Crippen molar-refractivity contribution in [3.8, 4) is 0 Å². The van der Waals surface area contributed by atoms with E-state index in [2.05, 4.69) is 9.55 Å². The third-order valence-electron chi connectivity index (χ3n) is 3.88. The number of fused-ring (bicyclic) bond motifs is 1. The van der Waals surface area contributed by atoms with E-state index in [-0.39, 0.29) is 11.2 Å². The lowest BCUT2D eigenvalue weighted by molar-refractivity contribution is 0.415. The molecule has 1 fully saturated rings. The predicted molar refractivity (Wildman–Crippen MR) is 84.0 cm³/mol. The van der Waals surface area contributed by atoms with Crippen LogP contribution in [0.3, 0.4) is 0 Å². The van der Waals surface area contributed by atoms with E-state index >= 15 is 0 Å². The van der Waals surface area contributed by atoms with Crippen molar-refractivity contribution in [2.75, 3.05) is 11.5 Å². The smallest absolute Gasteiger partial charge is 0.127 e. The summed E-state index contributed by atoms with van der Waals surface area (Å²) in [6.07, 6.45) is 2.48. The maximum atomic E-state index is 13.4. The molecule has 2 nitrogen and oxygen atoms in total.